The number of amides is 1. The van der Waals surface area contributed by atoms with Crippen molar-refractivity contribution in [3.05, 3.63) is 35.4 Å². The number of hydrogen-bond donors (Lipinski definition) is 2. The van der Waals surface area contributed by atoms with Crippen molar-refractivity contribution in [3.8, 4) is 6.07 Å². The van der Waals surface area contributed by atoms with Crippen LogP contribution in [0.3, 0.4) is 0 Å². The molecule has 0 saturated carbocycles. The molecule has 0 radical (unpaired) electrons. The number of benzene rings is 1. The molecule has 0 aliphatic heterocycles. The van der Waals surface area contributed by atoms with E-state index in [1.165, 1.54) is 0 Å². The van der Waals surface area contributed by atoms with Gasteiger partial charge in [-0.05, 0) is 24.1 Å². The van der Waals surface area contributed by atoms with Crippen molar-refractivity contribution in [3.63, 3.8) is 0 Å². The maximum absolute atomic E-state index is 11.6. The van der Waals surface area contributed by atoms with E-state index in [0.29, 0.717) is 25.1 Å². The molecule has 0 aliphatic rings. The molecule has 1 atom stereocenters. The van der Waals surface area contributed by atoms with E-state index in [9.17, 15) is 4.79 Å². The fraction of sp³-hybridized carbons (Fsp3) is 0.385. The Bertz CT molecular complexity index is 440. The molecule has 1 unspecified atom stereocenters. The molecule has 1 aromatic carbocycles. The van der Waals surface area contributed by atoms with Gasteiger partial charge in [-0.15, -0.1) is 0 Å². The predicted octanol–water partition coefficient (Wildman–Crippen LogP) is 0.538. The van der Waals surface area contributed by atoms with Crippen LogP contribution in [0, 0.1) is 11.3 Å². The van der Waals surface area contributed by atoms with E-state index in [4.69, 9.17) is 15.7 Å². The van der Waals surface area contributed by atoms with E-state index in [1.807, 2.05) is 6.07 Å². The number of hydrogen-bond acceptors (Lipinski definition) is 4. The van der Waals surface area contributed by atoms with Gasteiger partial charge in [-0.3, -0.25) is 4.79 Å². The Morgan fingerprint density at radius 1 is 1.61 bits per heavy atom. The van der Waals surface area contributed by atoms with Crippen LogP contribution in [-0.2, 0) is 16.1 Å². The first-order valence-electron chi connectivity index (χ1n) is 5.68. The first-order chi connectivity index (χ1) is 8.67. The molecule has 0 heterocycles. The highest BCUT2D eigenvalue weighted by Crippen LogP contribution is 2.03. The van der Waals surface area contributed by atoms with Crippen LogP contribution >= 0.6 is 0 Å². The lowest BCUT2D eigenvalue weighted by molar-refractivity contribution is -0.122. The van der Waals surface area contributed by atoms with Crippen LogP contribution in [0.2, 0.25) is 0 Å². The molecule has 0 aromatic heterocycles. The Morgan fingerprint density at radius 3 is 3.06 bits per heavy atom. The first-order valence-corrected chi connectivity index (χ1v) is 5.68. The number of carbonyl (C=O) groups excluding carboxylic acids is 1. The molecule has 18 heavy (non-hydrogen) atoms. The second-order valence-corrected chi connectivity index (χ2v) is 3.92. The number of nitrogens with zero attached hydrogens (tertiary/aromatic N) is 1. The van der Waals surface area contributed by atoms with Gasteiger partial charge < -0.3 is 15.8 Å². The van der Waals surface area contributed by atoms with E-state index in [0.717, 1.165) is 5.56 Å². The highest BCUT2D eigenvalue weighted by molar-refractivity contribution is 5.81. The van der Waals surface area contributed by atoms with Gasteiger partial charge in [0.15, 0.2) is 0 Å². The SMILES string of the molecule is COCCC(N)C(=O)NCc1cccc(C#N)c1. The van der Waals surface area contributed by atoms with Crippen LogP contribution in [0.15, 0.2) is 24.3 Å². The van der Waals surface area contributed by atoms with Crippen molar-refractivity contribution in [2.45, 2.75) is 19.0 Å². The Balaban J connectivity index is 2.44. The molecule has 0 spiro atoms. The Hall–Kier alpha value is -1.90. The van der Waals surface area contributed by atoms with Crippen molar-refractivity contribution in [2.75, 3.05) is 13.7 Å². The smallest absolute Gasteiger partial charge is 0.237 e. The quantitative estimate of drug-likeness (QED) is 0.768. The first kappa shape index (κ1) is 14.2. The summed E-state index contributed by atoms with van der Waals surface area (Å²) in [5.41, 5.74) is 7.13. The number of methoxy groups -OCH3 is 1. The van der Waals surface area contributed by atoms with Crippen molar-refractivity contribution in [2.24, 2.45) is 5.73 Å². The Labute approximate surface area is 107 Å². The van der Waals surface area contributed by atoms with E-state index in [-0.39, 0.29) is 5.91 Å². The predicted molar refractivity (Wildman–Crippen MR) is 67.5 cm³/mol. The van der Waals surface area contributed by atoms with E-state index in [2.05, 4.69) is 11.4 Å². The van der Waals surface area contributed by atoms with Crippen LogP contribution in [0.25, 0.3) is 0 Å². The van der Waals surface area contributed by atoms with Crippen LogP contribution in [0.5, 0.6) is 0 Å². The second-order valence-electron chi connectivity index (χ2n) is 3.92. The summed E-state index contributed by atoms with van der Waals surface area (Å²) in [5, 5.41) is 11.5. The largest absolute Gasteiger partial charge is 0.385 e. The lowest BCUT2D eigenvalue weighted by atomic mass is 10.1. The summed E-state index contributed by atoms with van der Waals surface area (Å²) < 4.78 is 4.86. The molecule has 0 bridgehead atoms. The third kappa shape index (κ3) is 4.53. The number of ether oxygens (including phenoxy) is 1. The zero-order chi connectivity index (χ0) is 13.4. The number of carbonyl (C=O) groups is 1. The molecule has 0 aliphatic carbocycles. The van der Waals surface area contributed by atoms with Gasteiger partial charge in [0.1, 0.15) is 0 Å². The normalized spacial score (nSPS) is 11.6. The highest BCUT2D eigenvalue weighted by atomic mass is 16.5. The fourth-order valence-corrected chi connectivity index (χ4v) is 1.45. The maximum atomic E-state index is 11.6. The van der Waals surface area contributed by atoms with Gasteiger partial charge in [0.2, 0.25) is 5.91 Å². The van der Waals surface area contributed by atoms with Gasteiger partial charge in [-0.25, -0.2) is 0 Å². The maximum Gasteiger partial charge on any atom is 0.237 e. The molecule has 0 saturated heterocycles. The van der Waals surface area contributed by atoms with Crippen LogP contribution < -0.4 is 11.1 Å². The minimum atomic E-state index is -0.566. The van der Waals surface area contributed by atoms with Gasteiger partial charge in [0, 0.05) is 20.3 Å². The van der Waals surface area contributed by atoms with Gasteiger partial charge in [0.05, 0.1) is 17.7 Å². The molecule has 5 heteroatoms. The molecule has 96 valence electrons. The minimum absolute atomic E-state index is 0.214. The zero-order valence-corrected chi connectivity index (χ0v) is 10.3. The van der Waals surface area contributed by atoms with E-state index in [1.54, 1.807) is 25.3 Å². The topological polar surface area (TPSA) is 88.1 Å². The summed E-state index contributed by atoms with van der Waals surface area (Å²) >= 11 is 0. The number of rotatable bonds is 6. The lowest BCUT2D eigenvalue weighted by Crippen LogP contribution is -2.40. The standard InChI is InChI=1S/C13H17N3O2/c1-18-6-5-12(15)13(17)16-9-11-4-2-3-10(7-11)8-14/h2-4,7,12H,5-6,9,15H2,1H3,(H,16,17). The minimum Gasteiger partial charge on any atom is -0.385 e. The summed E-state index contributed by atoms with van der Waals surface area (Å²) in [5.74, 6) is -0.214. The molecule has 1 amide bonds. The van der Waals surface area contributed by atoms with Gasteiger partial charge in [0.25, 0.3) is 0 Å². The summed E-state index contributed by atoms with van der Waals surface area (Å²) in [6.45, 7) is 0.827. The monoisotopic (exact) mass is 247 g/mol. The van der Waals surface area contributed by atoms with Gasteiger partial charge in [-0.1, -0.05) is 12.1 Å². The van der Waals surface area contributed by atoms with Crippen LogP contribution in [0.1, 0.15) is 17.5 Å². The molecule has 1 rings (SSSR count). The molecule has 0 fully saturated rings. The average Bonchev–Trinajstić information content (AvgIpc) is 2.42. The van der Waals surface area contributed by atoms with E-state index < -0.39 is 6.04 Å². The van der Waals surface area contributed by atoms with Crippen LogP contribution in [0.4, 0.5) is 0 Å². The molecule has 1 aromatic rings. The molecule has 5 nitrogen and oxygen atoms in total. The lowest BCUT2D eigenvalue weighted by Gasteiger charge is -2.11. The Morgan fingerprint density at radius 2 is 2.39 bits per heavy atom. The molecular weight excluding hydrogens is 230 g/mol. The number of nitrogens with one attached hydrogen (secondary N) is 1. The average molecular weight is 247 g/mol. The number of nitrogens with two attached hydrogens (primary N) is 1. The zero-order valence-electron chi connectivity index (χ0n) is 10.3. The van der Waals surface area contributed by atoms with Crippen molar-refractivity contribution in [1.82, 2.24) is 5.32 Å². The summed E-state index contributed by atoms with van der Waals surface area (Å²) in [4.78, 5) is 11.6. The van der Waals surface area contributed by atoms with Crippen molar-refractivity contribution < 1.29 is 9.53 Å². The number of nitriles is 1. The highest BCUT2D eigenvalue weighted by Gasteiger charge is 2.12. The van der Waals surface area contributed by atoms with Gasteiger partial charge >= 0.3 is 0 Å². The summed E-state index contributed by atoms with van der Waals surface area (Å²) in [6.07, 6.45) is 0.487. The fourth-order valence-electron chi connectivity index (χ4n) is 1.45. The van der Waals surface area contributed by atoms with E-state index >= 15 is 0 Å². The Kier molecular flexibility index (Phi) is 5.85. The molecule has 3 N–H and O–H groups in total. The third-order valence-corrected chi connectivity index (χ3v) is 2.49. The summed E-state index contributed by atoms with van der Waals surface area (Å²) in [6, 6.07) is 8.57. The third-order valence-electron chi connectivity index (χ3n) is 2.49. The van der Waals surface area contributed by atoms with Crippen molar-refractivity contribution in [1.29, 1.82) is 5.26 Å². The van der Waals surface area contributed by atoms with Crippen LogP contribution in [-0.4, -0.2) is 25.7 Å². The summed E-state index contributed by atoms with van der Waals surface area (Å²) in [7, 11) is 1.57. The van der Waals surface area contributed by atoms with Crippen molar-refractivity contribution >= 4 is 5.91 Å². The molecular formula is C13H17N3O2. The van der Waals surface area contributed by atoms with Gasteiger partial charge in [-0.2, -0.15) is 5.26 Å². The second kappa shape index (κ2) is 7.43.